The Hall–Kier alpha value is -2.24. The summed E-state index contributed by atoms with van der Waals surface area (Å²) in [7, 11) is 1.58. The number of carbonyl (C=O) groups is 2. The van der Waals surface area contributed by atoms with Gasteiger partial charge in [0.15, 0.2) is 0 Å². The Morgan fingerprint density at radius 3 is 2.65 bits per heavy atom. The first kappa shape index (κ1) is 14.2. The van der Waals surface area contributed by atoms with Gasteiger partial charge < -0.3 is 20.7 Å². The van der Waals surface area contributed by atoms with Crippen molar-refractivity contribution >= 4 is 17.6 Å². The minimum Gasteiger partial charge on any atom is -0.497 e. The van der Waals surface area contributed by atoms with Gasteiger partial charge in [0.2, 0.25) is 5.91 Å². The van der Waals surface area contributed by atoms with Crippen molar-refractivity contribution in [3.63, 3.8) is 0 Å². The fourth-order valence-electron chi connectivity index (χ4n) is 2.27. The molecule has 3 amide bonds. The zero-order chi connectivity index (χ0) is 14.5. The molecule has 0 radical (unpaired) electrons. The first-order valence-electron chi connectivity index (χ1n) is 6.59. The van der Waals surface area contributed by atoms with Gasteiger partial charge in [-0.05, 0) is 25.0 Å². The number of nitrogens with zero attached hydrogens (tertiary/aromatic N) is 1. The van der Waals surface area contributed by atoms with Crippen LogP contribution in [0.1, 0.15) is 12.8 Å². The minimum atomic E-state index is -0.280. The third kappa shape index (κ3) is 3.40. The fraction of sp³-hybridized carbons (Fsp3) is 0.429. The number of amides is 3. The van der Waals surface area contributed by atoms with E-state index in [0.717, 1.165) is 0 Å². The molecule has 0 aromatic heterocycles. The number of hydrogen-bond acceptors (Lipinski definition) is 3. The molecule has 3 N–H and O–H groups in total. The maximum absolute atomic E-state index is 12.1. The highest BCUT2D eigenvalue weighted by Crippen LogP contribution is 2.20. The lowest BCUT2D eigenvalue weighted by molar-refractivity contribution is -0.122. The summed E-state index contributed by atoms with van der Waals surface area (Å²) in [5.74, 6) is 0.295. The maximum Gasteiger partial charge on any atom is 0.321 e. The molecule has 0 unspecified atom stereocenters. The molecule has 1 aliphatic heterocycles. The SMILES string of the molecule is COc1cccc(NC(=O)N2CCC(C(N)=O)CC2)c1. The van der Waals surface area contributed by atoms with Gasteiger partial charge in [0, 0.05) is 30.8 Å². The van der Waals surface area contributed by atoms with Gasteiger partial charge in [-0.2, -0.15) is 0 Å². The molecule has 1 aromatic carbocycles. The summed E-state index contributed by atoms with van der Waals surface area (Å²) < 4.78 is 5.11. The smallest absolute Gasteiger partial charge is 0.321 e. The molecule has 1 aromatic rings. The molecule has 6 heteroatoms. The van der Waals surface area contributed by atoms with Crippen molar-refractivity contribution in [3.05, 3.63) is 24.3 Å². The van der Waals surface area contributed by atoms with E-state index in [9.17, 15) is 9.59 Å². The zero-order valence-electron chi connectivity index (χ0n) is 11.5. The van der Waals surface area contributed by atoms with E-state index >= 15 is 0 Å². The number of urea groups is 1. The van der Waals surface area contributed by atoms with E-state index in [1.54, 1.807) is 24.1 Å². The topological polar surface area (TPSA) is 84.7 Å². The molecule has 0 saturated carbocycles. The number of ether oxygens (including phenoxy) is 1. The average Bonchev–Trinajstić information content (AvgIpc) is 2.47. The number of methoxy groups -OCH3 is 1. The number of nitrogens with two attached hydrogens (primary N) is 1. The normalized spacial score (nSPS) is 15.8. The molecule has 1 fully saturated rings. The molecule has 108 valence electrons. The Morgan fingerprint density at radius 1 is 1.35 bits per heavy atom. The van der Waals surface area contributed by atoms with Crippen molar-refractivity contribution in [3.8, 4) is 5.75 Å². The quantitative estimate of drug-likeness (QED) is 0.876. The lowest BCUT2D eigenvalue weighted by Gasteiger charge is -2.30. The highest BCUT2D eigenvalue weighted by molar-refractivity contribution is 5.89. The van der Waals surface area contributed by atoms with Crippen molar-refractivity contribution < 1.29 is 14.3 Å². The van der Waals surface area contributed by atoms with Crippen LogP contribution >= 0.6 is 0 Å². The minimum absolute atomic E-state index is 0.115. The molecule has 0 spiro atoms. The average molecular weight is 277 g/mol. The van der Waals surface area contributed by atoms with Crippen LogP contribution in [0.2, 0.25) is 0 Å². The molecular formula is C14H19N3O3. The van der Waals surface area contributed by atoms with Gasteiger partial charge in [0.25, 0.3) is 0 Å². The van der Waals surface area contributed by atoms with Gasteiger partial charge >= 0.3 is 6.03 Å². The lowest BCUT2D eigenvalue weighted by atomic mass is 9.96. The monoisotopic (exact) mass is 277 g/mol. The third-order valence-corrected chi connectivity index (χ3v) is 3.51. The summed E-state index contributed by atoms with van der Waals surface area (Å²) in [4.78, 5) is 24.9. The van der Waals surface area contributed by atoms with Crippen molar-refractivity contribution in [2.24, 2.45) is 11.7 Å². The van der Waals surface area contributed by atoms with E-state index < -0.39 is 0 Å². The number of likely N-dealkylation sites (tertiary alicyclic amines) is 1. The van der Waals surface area contributed by atoms with Crippen molar-refractivity contribution in [1.29, 1.82) is 0 Å². The second kappa shape index (κ2) is 6.27. The summed E-state index contributed by atoms with van der Waals surface area (Å²) in [5.41, 5.74) is 5.96. The van der Waals surface area contributed by atoms with E-state index in [1.807, 2.05) is 12.1 Å². The van der Waals surface area contributed by atoms with Crippen molar-refractivity contribution in [1.82, 2.24) is 4.90 Å². The number of rotatable bonds is 3. The molecule has 1 saturated heterocycles. The van der Waals surface area contributed by atoms with Crippen molar-refractivity contribution in [2.45, 2.75) is 12.8 Å². The summed E-state index contributed by atoms with van der Waals surface area (Å²) in [6.07, 6.45) is 1.25. The lowest BCUT2D eigenvalue weighted by Crippen LogP contribution is -2.43. The van der Waals surface area contributed by atoms with E-state index in [-0.39, 0.29) is 17.9 Å². The van der Waals surface area contributed by atoms with Crippen LogP contribution in [0.25, 0.3) is 0 Å². The number of benzene rings is 1. The number of carbonyl (C=O) groups excluding carboxylic acids is 2. The molecule has 6 nitrogen and oxygen atoms in total. The van der Waals surface area contributed by atoms with Gasteiger partial charge in [-0.15, -0.1) is 0 Å². The summed E-state index contributed by atoms with van der Waals surface area (Å²) in [5, 5.41) is 2.82. The van der Waals surface area contributed by atoms with E-state index in [1.165, 1.54) is 0 Å². The second-order valence-corrected chi connectivity index (χ2v) is 4.83. The van der Waals surface area contributed by atoms with Crippen LogP contribution in [0.15, 0.2) is 24.3 Å². The largest absolute Gasteiger partial charge is 0.497 e. The zero-order valence-corrected chi connectivity index (χ0v) is 11.5. The summed E-state index contributed by atoms with van der Waals surface area (Å²) >= 11 is 0. The number of primary amides is 1. The van der Waals surface area contributed by atoms with Crippen LogP contribution in [-0.4, -0.2) is 37.0 Å². The van der Waals surface area contributed by atoms with Crippen LogP contribution in [0.3, 0.4) is 0 Å². The van der Waals surface area contributed by atoms with Gasteiger partial charge in [-0.3, -0.25) is 4.79 Å². The van der Waals surface area contributed by atoms with Crippen LogP contribution in [0.4, 0.5) is 10.5 Å². The standard InChI is InChI=1S/C14H19N3O3/c1-20-12-4-2-3-11(9-12)16-14(19)17-7-5-10(6-8-17)13(15)18/h2-4,9-10H,5-8H2,1H3,(H2,15,18)(H,16,19). The predicted octanol–water partition coefficient (Wildman–Crippen LogP) is 1.42. The number of piperidine rings is 1. The second-order valence-electron chi connectivity index (χ2n) is 4.83. The predicted molar refractivity (Wildman–Crippen MR) is 75.5 cm³/mol. The Bertz CT molecular complexity index is 496. The molecule has 2 rings (SSSR count). The molecule has 0 atom stereocenters. The van der Waals surface area contributed by atoms with Gasteiger partial charge in [-0.1, -0.05) is 6.07 Å². The fourth-order valence-corrected chi connectivity index (χ4v) is 2.27. The molecule has 0 aliphatic carbocycles. The Kier molecular flexibility index (Phi) is 4.45. The highest BCUT2D eigenvalue weighted by Gasteiger charge is 2.25. The number of nitrogens with one attached hydrogen (secondary N) is 1. The number of hydrogen-bond donors (Lipinski definition) is 2. The van der Waals surface area contributed by atoms with Gasteiger partial charge in [0.1, 0.15) is 5.75 Å². The van der Waals surface area contributed by atoms with Crippen LogP contribution < -0.4 is 15.8 Å². The molecule has 0 bridgehead atoms. The van der Waals surface area contributed by atoms with E-state index in [2.05, 4.69) is 5.32 Å². The highest BCUT2D eigenvalue weighted by atomic mass is 16.5. The van der Waals surface area contributed by atoms with Crippen molar-refractivity contribution in [2.75, 3.05) is 25.5 Å². The maximum atomic E-state index is 12.1. The number of anilines is 1. The summed E-state index contributed by atoms with van der Waals surface area (Å²) in [6, 6.07) is 7.02. The molecule has 20 heavy (non-hydrogen) atoms. The van der Waals surface area contributed by atoms with E-state index in [4.69, 9.17) is 10.5 Å². The van der Waals surface area contributed by atoms with Crippen LogP contribution in [-0.2, 0) is 4.79 Å². The van der Waals surface area contributed by atoms with E-state index in [0.29, 0.717) is 37.4 Å². The van der Waals surface area contributed by atoms with Gasteiger partial charge in [-0.25, -0.2) is 4.79 Å². The van der Waals surface area contributed by atoms with Crippen LogP contribution in [0, 0.1) is 5.92 Å². The Labute approximate surface area is 117 Å². The Balaban J connectivity index is 1.91. The molecule has 1 heterocycles. The van der Waals surface area contributed by atoms with Crippen LogP contribution in [0.5, 0.6) is 5.75 Å². The molecular weight excluding hydrogens is 258 g/mol. The van der Waals surface area contributed by atoms with Gasteiger partial charge in [0.05, 0.1) is 7.11 Å². The molecule has 1 aliphatic rings. The Morgan fingerprint density at radius 2 is 2.05 bits per heavy atom. The summed E-state index contributed by atoms with van der Waals surface area (Å²) in [6.45, 7) is 1.09. The first-order valence-corrected chi connectivity index (χ1v) is 6.59. The third-order valence-electron chi connectivity index (χ3n) is 3.51. The first-order chi connectivity index (χ1) is 9.60.